The molecule has 2 rings (SSSR count). The van der Waals surface area contributed by atoms with Crippen molar-refractivity contribution in [2.45, 2.75) is 6.92 Å². The van der Waals surface area contributed by atoms with Gasteiger partial charge in [0, 0.05) is 0 Å². The first kappa shape index (κ1) is 11.2. The summed E-state index contributed by atoms with van der Waals surface area (Å²) in [6.45, 7) is 1.99. The lowest BCUT2D eigenvalue weighted by atomic mass is 9.98. The summed E-state index contributed by atoms with van der Waals surface area (Å²) in [5, 5.41) is 9.68. The summed E-state index contributed by atoms with van der Waals surface area (Å²) in [7, 11) is 0. The zero-order valence-electron chi connectivity index (χ0n) is 9.47. The second-order valence-electron chi connectivity index (χ2n) is 3.93. The minimum atomic E-state index is -0.626. The first-order valence-corrected chi connectivity index (χ1v) is 5.28. The lowest BCUT2D eigenvalue weighted by Crippen LogP contribution is -2.12. The van der Waals surface area contributed by atoms with E-state index in [1.807, 2.05) is 31.2 Å². The third-order valence-corrected chi connectivity index (χ3v) is 2.65. The minimum absolute atomic E-state index is 0.0874. The number of hydrogen-bond donors (Lipinski definition) is 2. The van der Waals surface area contributed by atoms with Gasteiger partial charge < -0.3 is 10.8 Å². The number of aromatic hydroxyl groups is 1. The van der Waals surface area contributed by atoms with Crippen molar-refractivity contribution in [2.24, 2.45) is 5.73 Å². The molecule has 0 unspecified atom stereocenters. The van der Waals surface area contributed by atoms with E-state index in [0.717, 1.165) is 11.1 Å². The van der Waals surface area contributed by atoms with Crippen LogP contribution in [0.5, 0.6) is 5.75 Å². The Bertz CT molecular complexity index is 559. The van der Waals surface area contributed by atoms with E-state index in [4.69, 9.17) is 5.73 Å². The van der Waals surface area contributed by atoms with Crippen LogP contribution in [0.1, 0.15) is 15.9 Å². The first-order valence-electron chi connectivity index (χ1n) is 5.28. The van der Waals surface area contributed by atoms with Gasteiger partial charge in [0.05, 0.1) is 5.56 Å². The average Bonchev–Trinajstić information content (AvgIpc) is 2.29. The quantitative estimate of drug-likeness (QED) is 0.827. The van der Waals surface area contributed by atoms with Gasteiger partial charge in [-0.25, -0.2) is 0 Å². The zero-order valence-corrected chi connectivity index (χ0v) is 9.47. The number of phenols is 1. The number of benzene rings is 2. The molecule has 0 aliphatic carbocycles. The minimum Gasteiger partial charge on any atom is -0.507 e. The molecular formula is C14H13NO2. The topological polar surface area (TPSA) is 63.3 Å². The van der Waals surface area contributed by atoms with Crippen molar-refractivity contribution >= 4 is 5.91 Å². The lowest BCUT2D eigenvalue weighted by Gasteiger charge is -2.08. The molecule has 2 aromatic rings. The van der Waals surface area contributed by atoms with E-state index in [-0.39, 0.29) is 11.3 Å². The van der Waals surface area contributed by atoms with Crippen LogP contribution in [0.3, 0.4) is 0 Å². The Morgan fingerprint density at radius 3 is 2.35 bits per heavy atom. The Balaban J connectivity index is 2.63. The highest BCUT2D eigenvalue weighted by Crippen LogP contribution is 2.29. The van der Waals surface area contributed by atoms with Crippen LogP contribution in [-0.4, -0.2) is 11.0 Å². The third kappa shape index (κ3) is 2.13. The number of amides is 1. The number of aryl methyl sites for hydroxylation is 1. The van der Waals surface area contributed by atoms with Crippen LogP contribution in [0.15, 0.2) is 42.5 Å². The summed E-state index contributed by atoms with van der Waals surface area (Å²) < 4.78 is 0. The second-order valence-corrected chi connectivity index (χ2v) is 3.93. The molecule has 0 saturated heterocycles. The number of primary amides is 1. The molecule has 0 saturated carbocycles. The van der Waals surface area contributed by atoms with Crippen molar-refractivity contribution in [3.05, 3.63) is 53.6 Å². The van der Waals surface area contributed by atoms with E-state index in [2.05, 4.69) is 0 Å². The molecule has 0 aliphatic heterocycles. The standard InChI is InChI=1S/C14H13NO2/c1-9-5-7-10(8-6-9)11-3-2-4-12(16)13(11)14(15)17/h2-8,16H,1H3,(H2,15,17). The van der Waals surface area contributed by atoms with Crippen molar-refractivity contribution in [1.29, 1.82) is 0 Å². The molecule has 0 aliphatic rings. The van der Waals surface area contributed by atoms with E-state index in [1.165, 1.54) is 6.07 Å². The summed E-state index contributed by atoms with van der Waals surface area (Å²) in [5.74, 6) is -0.714. The molecule has 2 aromatic carbocycles. The Morgan fingerprint density at radius 1 is 1.12 bits per heavy atom. The van der Waals surface area contributed by atoms with Crippen LogP contribution in [-0.2, 0) is 0 Å². The molecular weight excluding hydrogens is 214 g/mol. The van der Waals surface area contributed by atoms with Gasteiger partial charge in [-0.2, -0.15) is 0 Å². The molecule has 0 fully saturated rings. The van der Waals surface area contributed by atoms with E-state index < -0.39 is 5.91 Å². The SMILES string of the molecule is Cc1ccc(-c2cccc(O)c2C(N)=O)cc1. The second kappa shape index (κ2) is 4.29. The Morgan fingerprint density at radius 2 is 1.76 bits per heavy atom. The maximum atomic E-state index is 11.3. The summed E-state index contributed by atoms with van der Waals surface area (Å²) in [4.78, 5) is 11.3. The molecule has 1 amide bonds. The largest absolute Gasteiger partial charge is 0.507 e. The van der Waals surface area contributed by atoms with Gasteiger partial charge in [-0.1, -0.05) is 42.0 Å². The molecule has 0 atom stereocenters. The molecule has 3 nitrogen and oxygen atoms in total. The fraction of sp³-hybridized carbons (Fsp3) is 0.0714. The normalized spacial score (nSPS) is 10.2. The Hall–Kier alpha value is -2.29. The Labute approximate surface area is 99.5 Å². The maximum absolute atomic E-state index is 11.3. The van der Waals surface area contributed by atoms with Gasteiger partial charge in [-0.15, -0.1) is 0 Å². The van der Waals surface area contributed by atoms with Gasteiger partial charge in [0.2, 0.25) is 0 Å². The predicted molar refractivity (Wildman–Crippen MR) is 66.8 cm³/mol. The van der Waals surface area contributed by atoms with Gasteiger partial charge in [0.15, 0.2) is 0 Å². The van der Waals surface area contributed by atoms with Gasteiger partial charge >= 0.3 is 0 Å². The molecule has 17 heavy (non-hydrogen) atoms. The van der Waals surface area contributed by atoms with Gasteiger partial charge in [-0.3, -0.25) is 4.79 Å². The molecule has 0 radical (unpaired) electrons. The third-order valence-electron chi connectivity index (χ3n) is 2.65. The molecule has 86 valence electrons. The number of carbonyl (C=O) groups is 1. The molecule has 0 spiro atoms. The van der Waals surface area contributed by atoms with Crippen LogP contribution in [0.2, 0.25) is 0 Å². The highest BCUT2D eigenvalue weighted by atomic mass is 16.3. The molecule has 3 N–H and O–H groups in total. The number of hydrogen-bond acceptors (Lipinski definition) is 2. The number of nitrogens with two attached hydrogens (primary N) is 1. The van der Waals surface area contributed by atoms with Gasteiger partial charge in [0.1, 0.15) is 5.75 Å². The highest BCUT2D eigenvalue weighted by molar-refractivity contribution is 6.02. The van der Waals surface area contributed by atoms with Gasteiger partial charge in [-0.05, 0) is 24.1 Å². The van der Waals surface area contributed by atoms with Crippen molar-refractivity contribution in [3.8, 4) is 16.9 Å². The molecule has 0 aromatic heterocycles. The van der Waals surface area contributed by atoms with E-state index in [9.17, 15) is 9.90 Å². The maximum Gasteiger partial charge on any atom is 0.253 e. The van der Waals surface area contributed by atoms with Crippen LogP contribution in [0, 0.1) is 6.92 Å². The predicted octanol–water partition coefficient (Wildman–Crippen LogP) is 2.47. The number of carbonyl (C=O) groups excluding carboxylic acids is 1. The van der Waals surface area contributed by atoms with Crippen molar-refractivity contribution in [1.82, 2.24) is 0 Å². The fourth-order valence-corrected chi connectivity index (χ4v) is 1.77. The van der Waals surface area contributed by atoms with E-state index in [0.29, 0.717) is 5.56 Å². The van der Waals surface area contributed by atoms with Crippen LogP contribution in [0.25, 0.3) is 11.1 Å². The summed E-state index contributed by atoms with van der Waals surface area (Å²) in [6, 6.07) is 12.6. The average molecular weight is 227 g/mol. The van der Waals surface area contributed by atoms with E-state index in [1.54, 1.807) is 12.1 Å². The fourth-order valence-electron chi connectivity index (χ4n) is 1.77. The molecule has 0 heterocycles. The molecule has 0 bridgehead atoms. The monoisotopic (exact) mass is 227 g/mol. The molecule has 3 heteroatoms. The van der Waals surface area contributed by atoms with Crippen LogP contribution in [0.4, 0.5) is 0 Å². The summed E-state index contributed by atoms with van der Waals surface area (Å²) in [6.07, 6.45) is 0. The highest BCUT2D eigenvalue weighted by Gasteiger charge is 2.14. The summed E-state index contributed by atoms with van der Waals surface area (Å²) >= 11 is 0. The van der Waals surface area contributed by atoms with Crippen molar-refractivity contribution in [3.63, 3.8) is 0 Å². The van der Waals surface area contributed by atoms with Crippen molar-refractivity contribution in [2.75, 3.05) is 0 Å². The smallest absolute Gasteiger partial charge is 0.253 e. The van der Waals surface area contributed by atoms with Crippen molar-refractivity contribution < 1.29 is 9.90 Å². The van der Waals surface area contributed by atoms with Gasteiger partial charge in [0.25, 0.3) is 5.91 Å². The lowest BCUT2D eigenvalue weighted by molar-refractivity contribution is 0.0998. The Kier molecular flexibility index (Phi) is 2.83. The number of rotatable bonds is 2. The van der Waals surface area contributed by atoms with E-state index >= 15 is 0 Å². The van der Waals surface area contributed by atoms with Crippen LogP contribution < -0.4 is 5.73 Å². The first-order chi connectivity index (χ1) is 8.09. The summed E-state index contributed by atoms with van der Waals surface area (Å²) in [5.41, 5.74) is 8.09. The zero-order chi connectivity index (χ0) is 12.4. The van der Waals surface area contributed by atoms with Crippen LogP contribution >= 0.6 is 0 Å².